The van der Waals surface area contributed by atoms with Crippen LogP contribution in [0.15, 0.2) is 42.5 Å². The Bertz CT molecular complexity index is 914. The second kappa shape index (κ2) is 7.12. The molecule has 1 aromatic heterocycles. The molecular formula is C22H26N2O2. The second-order valence-corrected chi connectivity index (χ2v) is 7.47. The Kier molecular flexibility index (Phi) is 4.68. The standard InChI is InChI=1S/C22H26N2O2/c1-15(2)22-23-20-8-3-4-9-21(20)24(22)13-18(25)14-26-19-11-10-16-6-5-7-17(16)12-19/h3-4,8-12,15,18,25H,5-7,13-14H2,1-2H3. The number of para-hydroxylation sites is 2. The van der Waals surface area contributed by atoms with Gasteiger partial charge in [-0.1, -0.05) is 32.0 Å². The lowest BCUT2D eigenvalue weighted by Crippen LogP contribution is -2.25. The van der Waals surface area contributed by atoms with Gasteiger partial charge in [0.15, 0.2) is 0 Å². The number of fused-ring (bicyclic) bond motifs is 2. The Balaban J connectivity index is 1.47. The first-order valence-electron chi connectivity index (χ1n) is 9.49. The minimum atomic E-state index is -0.585. The number of hydrogen-bond donors (Lipinski definition) is 1. The lowest BCUT2D eigenvalue weighted by molar-refractivity contribution is 0.0925. The molecular weight excluding hydrogens is 324 g/mol. The highest BCUT2D eigenvalue weighted by Gasteiger charge is 2.17. The maximum Gasteiger partial charge on any atom is 0.119 e. The Morgan fingerprint density at radius 1 is 1.12 bits per heavy atom. The first kappa shape index (κ1) is 17.1. The molecule has 2 aromatic carbocycles. The molecule has 4 rings (SSSR count). The van der Waals surface area contributed by atoms with Crippen LogP contribution in [0.4, 0.5) is 0 Å². The predicted octanol–water partition coefficient (Wildman–Crippen LogP) is 4.09. The van der Waals surface area contributed by atoms with Gasteiger partial charge in [0.2, 0.25) is 0 Å². The maximum absolute atomic E-state index is 10.6. The molecule has 0 saturated carbocycles. The van der Waals surface area contributed by atoms with Gasteiger partial charge < -0.3 is 14.4 Å². The highest BCUT2D eigenvalue weighted by atomic mass is 16.5. The van der Waals surface area contributed by atoms with Gasteiger partial charge in [-0.25, -0.2) is 4.98 Å². The summed E-state index contributed by atoms with van der Waals surface area (Å²) in [5, 5.41) is 10.6. The summed E-state index contributed by atoms with van der Waals surface area (Å²) < 4.78 is 7.99. The smallest absolute Gasteiger partial charge is 0.119 e. The van der Waals surface area contributed by atoms with E-state index in [1.54, 1.807) is 0 Å². The lowest BCUT2D eigenvalue weighted by atomic mass is 10.1. The minimum Gasteiger partial charge on any atom is -0.491 e. The summed E-state index contributed by atoms with van der Waals surface area (Å²) in [6.07, 6.45) is 2.95. The van der Waals surface area contributed by atoms with Gasteiger partial charge in [0.05, 0.1) is 17.6 Å². The van der Waals surface area contributed by atoms with Crippen LogP contribution in [0.3, 0.4) is 0 Å². The average Bonchev–Trinajstić information content (AvgIpc) is 3.24. The first-order chi connectivity index (χ1) is 12.6. The number of benzene rings is 2. The molecule has 4 nitrogen and oxygen atoms in total. The first-order valence-corrected chi connectivity index (χ1v) is 9.49. The second-order valence-electron chi connectivity index (χ2n) is 7.47. The fraction of sp³-hybridized carbons (Fsp3) is 0.409. The number of imidazole rings is 1. The van der Waals surface area contributed by atoms with E-state index in [9.17, 15) is 5.11 Å². The van der Waals surface area contributed by atoms with Crippen molar-refractivity contribution >= 4 is 11.0 Å². The molecule has 1 atom stereocenters. The van der Waals surface area contributed by atoms with Crippen molar-refractivity contribution in [3.8, 4) is 5.75 Å². The SMILES string of the molecule is CC(C)c1nc2ccccc2n1CC(O)COc1ccc2c(c1)CCC2. The van der Waals surface area contributed by atoms with Crippen LogP contribution >= 0.6 is 0 Å². The van der Waals surface area contributed by atoms with Crippen LogP contribution in [-0.4, -0.2) is 27.4 Å². The molecule has 4 heteroatoms. The molecule has 3 aromatic rings. The normalized spacial score (nSPS) is 14.8. The van der Waals surface area contributed by atoms with Gasteiger partial charge >= 0.3 is 0 Å². The minimum absolute atomic E-state index is 0.281. The van der Waals surface area contributed by atoms with E-state index in [2.05, 4.69) is 36.6 Å². The van der Waals surface area contributed by atoms with Crippen LogP contribution in [0, 0.1) is 0 Å². The molecule has 0 bridgehead atoms. The molecule has 1 unspecified atom stereocenters. The zero-order valence-corrected chi connectivity index (χ0v) is 15.5. The van der Waals surface area contributed by atoms with Crippen molar-refractivity contribution in [2.75, 3.05) is 6.61 Å². The molecule has 0 aliphatic heterocycles. The molecule has 1 aliphatic carbocycles. The molecule has 0 amide bonds. The van der Waals surface area contributed by atoms with Crippen LogP contribution in [0.5, 0.6) is 5.75 Å². The van der Waals surface area contributed by atoms with Gasteiger partial charge in [-0.2, -0.15) is 0 Å². The van der Waals surface area contributed by atoms with E-state index in [1.165, 1.54) is 24.0 Å². The molecule has 26 heavy (non-hydrogen) atoms. The summed E-state index contributed by atoms with van der Waals surface area (Å²) in [5.41, 5.74) is 4.86. The van der Waals surface area contributed by atoms with E-state index < -0.39 is 6.10 Å². The van der Waals surface area contributed by atoms with Crippen molar-refractivity contribution in [1.29, 1.82) is 0 Å². The molecule has 0 saturated heterocycles. The molecule has 1 heterocycles. The number of aromatic nitrogens is 2. The largest absolute Gasteiger partial charge is 0.491 e. The van der Waals surface area contributed by atoms with Gasteiger partial charge in [-0.05, 0) is 54.7 Å². The summed E-state index contributed by atoms with van der Waals surface area (Å²) in [4.78, 5) is 4.73. The van der Waals surface area contributed by atoms with Crippen LogP contribution in [0.25, 0.3) is 11.0 Å². The summed E-state index contributed by atoms with van der Waals surface area (Å²) in [5.74, 6) is 2.15. The Morgan fingerprint density at radius 2 is 1.92 bits per heavy atom. The van der Waals surface area contributed by atoms with Crippen molar-refractivity contribution in [3.63, 3.8) is 0 Å². The number of aliphatic hydroxyl groups is 1. The van der Waals surface area contributed by atoms with E-state index in [0.29, 0.717) is 12.5 Å². The van der Waals surface area contributed by atoms with E-state index in [-0.39, 0.29) is 6.61 Å². The molecule has 0 radical (unpaired) electrons. The quantitative estimate of drug-likeness (QED) is 0.728. The topological polar surface area (TPSA) is 47.3 Å². The van der Waals surface area contributed by atoms with Gasteiger partial charge in [0.25, 0.3) is 0 Å². The van der Waals surface area contributed by atoms with Crippen molar-refractivity contribution in [2.45, 2.75) is 51.7 Å². The highest BCUT2D eigenvalue weighted by molar-refractivity contribution is 5.76. The van der Waals surface area contributed by atoms with Crippen LogP contribution < -0.4 is 4.74 Å². The third-order valence-electron chi connectivity index (χ3n) is 5.11. The van der Waals surface area contributed by atoms with Crippen molar-refractivity contribution in [3.05, 3.63) is 59.4 Å². The van der Waals surface area contributed by atoms with Gasteiger partial charge in [0, 0.05) is 5.92 Å². The fourth-order valence-corrected chi connectivity index (χ4v) is 3.82. The third-order valence-corrected chi connectivity index (χ3v) is 5.11. The zero-order chi connectivity index (χ0) is 18.1. The fourth-order valence-electron chi connectivity index (χ4n) is 3.82. The average molecular weight is 350 g/mol. The van der Waals surface area contributed by atoms with Gasteiger partial charge in [-0.15, -0.1) is 0 Å². The summed E-state index contributed by atoms with van der Waals surface area (Å²) in [6, 6.07) is 14.4. The zero-order valence-electron chi connectivity index (χ0n) is 15.5. The Labute approximate surface area is 154 Å². The van der Waals surface area contributed by atoms with Crippen molar-refractivity contribution in [2.24, 2.45) is 0 Å². The van der Waals surface area contributed by atoms with Crippen LogP contribution in [-0.2, 0) is 19.4 Å². The highest BCUT2D eigenvalue weighted by Crippen LogP contribution is 2.26. The van der Waals surface area contributed by atoms with Crippen LogP contribution in [0.2, 0.25) is 0 Å². The van der Waals surface area contributed by atoms with Gasteiger partial charge in [0.1, 0.15) is 24.3 Å². The number of rotatable bonds is 6. The van der Waals surface area contributed by atoms with Crippen molar-refractivity contribution in [1.82, 2.24) is 9.55 Å². The monoisotopic (exact) mass is 350 g/mol. The van der Waals surface area contributed by atoms with Crippen LogP contribution in [0.1, 0.15) is 43.1 Å². The number of aryl methyl sites for hydroxylation is 2. The number of ether oxygens (including phenoxy) is 1. The van der Waals surface area contributed by atoms with Crippen molar-refractivity contribution < 1.29 is 9.84 Å². The Hall–Kier alpha value is -2.33. The molecule has 1 N–H and O–H groups in total. The number of aliphatic hydroxyl groups excluding tert-OH is 1. The van der Waals surface area contributed by atoms with Gasteiger partial charge in [-0.3, -0.25) is 0 Å². The van der Waals surface area contributed by atoms with E-state index >= 15 is 0 Å². The summed E-state index contributed by atoms with van der Waals surface area (Å²) in [7, 11) is 0. The molecule has 1 aliphatic rings. The summed E-state index contributed by atoms with van der Waals surface area (Å²) >= 11 is 0. The lowest BCUT2D eigenvalue weighted by Gasteiger charge is -2.17. The maximum atomic E-state index is 10.6. The molecule has 0 spiro atoms. The number of nitrogens with zero attached hydrogens (tertiary/aromatic N) is 2. The molecule has 0 fully saturated rings. The van der Waals surface area contributed by atoms with E-state index in [0.717, 1.165) is 29.0 Å². The van der Waals surface area contributed by atoms with E-state index in [1.807, 2.05) is 24.3 Å². The predicted molar refractivity (Wildman–Crippen MR) is 104 cm³/mol. The van der Waals surface area contributed by atoms with E-state index in [4.69, 9.17) is 9.72 Å². The Morgan fingerprint density at radius 3 is 2.77 bits per heavy atom. The number of hydrogen-bond acceptors (Lipinski definition) is 3. The summed E-state index contributed by atoms with van der Waals surface area (Å²) in [6.45, 7) is 5.03. The molecule has 136 valence electrons. The third kappa shape index (κ3) is 3.34.